The fraction of sp³-hybridized carbons (Fsp3) is 0.667. The molecule has 190 valence electrons. The van der Waals surface area contributed by atoms with Gasteiger partial charge in [0, 0.05) is 32.1 Å². The van der Waals surface area contributed by atoms with Crippen LogP contribution in [0.2, 0.25) is 0 Å². The Morgan fingerprint density at radius 1 is 1.12 bits per heavy atom. The molecule has 10 heteroatoms. The summed E-state index contributed by atoms with van der Waals surface area (Å²) in [6, 6.07) is 4.15. The summed E-state index contributed by atoms with van der Waals surface area (Å²) in [5.74, 6) is -0.471. The summed E-state index contributed by atoms with van der Waals surface area (Å²) in [5.41, 5.74) is -0.777. The lowest BCUT2D eigenvalue weighted by molar-refractivity contribution is -0.137. The van der Waals surface area contributed by atoms with Crippen molar-refractivity contribution in [3.8, 4) is 0 Å². The van der Waals surface area contributed by atoms with Crippen LogP contribution in [0.4, 0.5) is 18.0 Å². The van der Waals surface area contributed by atoms with Crippen molar-refractivity contribution in [2.75, 3.05) is 19.6 Å². The molecule has 7 nitrogen and oxygen atoms in total. The van der Waals surface area contributed by atoms with Crippen molar-refractivity contribution in [2.45, 2.75) is 77.0 Å². The zero-order chi connectivity index (χ0) is 25.1. The van der Waals surface area contributed by atoms with Gasteiger partial charge in [-0.15, -0.1) is 0 Å². The van der Waals surface area contributed by atoms with E-state index in [1.165, 1.54) is 12.1 Å². The van der Waals surface area contributed by atoms with Gasteiger partial charge in [-0.05, 0) is 64.2 Å². The minimum Gasteiger partial charge on any atom is -0.444 e. The molecule has 2 heterocycles. The summed E-state index contributed by atoms with van der Waals surface area (Å²) < 4.78 is 43.6. The standard InChI is InChI=1S/C24H34F3N3O4/c1-23(2,3)34-22(33)29-12-4-6-17(15-29)21(32)30-13-5-7-19(30)20(31)28-14-16-8-10-18(11-9-16)24(25,26)27/h8-11,17,19,21,32H,4-7,12-15H2,1-3H3,(H,28,31)/t17-,19+,21?/m0/s1. The largest absolute Gasteiger partial charge is 0.444 e. The highest BCUT2D eigenvalue weighted by molar-refractivity contribution is 5.82. The summed E-state index contributed by atoms with van der Waals surface area (Å²) in [6.07, 6.45) is -2.89. The Balaban J connectivity index is 1.56. The fourth-order valence-corrected chi connectivity index (χ4v) is 4.52. The van der Waals surface area contributed by atoms with Gasteiger partial charge in [-0.1, -0.05) is 12.1 Å². The minimum atomic E-state index is -4.40. The Morgan fingerprint density at radius 3 is 2.38 bits per heavy atom. The lowest BCUT2D eigenvalue weighted by Gasteiger charge is -2.39. The van der Waals surface area contributed by atoms with Gasteiger partial charge in [0.2, 0.25) is 5.91 Å². The normalized spacial score (nSPS) is 23.0. The van der Waals surface area contributed by atoms with Gasteiger partial charge in [0.25, 0.3) is 0 Å². The van der Waals surface area contributed by atoms with Gasteiger partial charge < -0.3 is 20.1 Å². The first-order chi connectivity index (χ1) is 15.8. The third kappa shape index (κ3) is 6.85. The number of carbonyl (C=O) groups excluding carboxylic acids is 2. The number of aliphatic hydroxyl groups is 1. The molecule has 0 aliphatic carbocycles. The molecule has 0 radical (unpaired) electrons. The highest BCUT2D eigenvalue weighted by Gasteiger charge is 2.40. The summed E-state index contributed by atoms with van der Waals surface area (Å²) in [4.78, 5) is 28.7. The molecule has 0 aromatic heterocycles. The molecule has 2 saturated heterocycles. The number of nitrogens with zero attached hydrogens (tertiary/aromatic N) is 2. The van der Waals surface area contributed by atoms with Crippen LogP contribution in [0.25, 0.3) is 0 Å². The first kappa shape index (κ1) is 26.3. The molecule has 0 saturated carbocycles. The summed E-state index contributed by atoms with van der Waals surface area (Å²) in [7, 11) is 0. The Labute approximate surface area is 198 Å². The molecular weight excluding hydrogens is 451 g/mol. The average molecular weight is 486 g/mol. The molecule has 1 aromatic carbocycles. The molecule has 2 N–H and O–H groups in total. The number of ether oxygens (including phenoxy) is 1. The molecule has 2 aliphatic rings. The molecule has 1 aromatic rings. The molecule has 0 bridgehead atoms. The SMILES string of the molecule is CC(C)(C)OC(=O)N1CCC[C@H](C(O)N2CCC[C@@H]2C(=O)NCc2ccc(C(F)(F)F)cc2)C1. The number of nitrogens with one attached hydrogen (secondary N) is 1. The fourth-order valence-electron chi connectivity index (χ4n) is 4.52. The van der Waals surface area contributed by atoms with E-state index in [2.05, 4.69) is 5.32 Å². The second-order valence-corrected chi connectivity index (χ2v) is 10.1. The number of piperidine rings is 1. The number of hydrogen-bond acceptors (Lipinski definition) is 5. The number of hydrogen-bond donors (Lipinski definition) is 2. The zero-order valence-electron chi connectivity index (χ0n) is 19.9. The Bertz CT molecular complexity index is 855. The smallest absolute Gasteiger partial charge is 0.416 e. The third-order valence-corrected chi connectivity index (χ3v) is 6.22. The van der Waals surface area contributed by atoms with Crippen LogP contribution in [-0.4, -0.2) is 64.4 Å². The highest BCUT2D eigenvalue weighted by Crippen LogP contribution is 2.30. The lowest BCUT2D eigenvalue weighted by Crippen LogP contribution is -2.54. The van der Waals surface area contributed by atoms with E-state index in [1.807, 2.05) is 0 Å². The number of alkyl halides is 3. The van der Waals surface area contributed by atoms with E-state index in [0.29, 0.717) is 31.6 Å². The van der Waals surface area contributed by atoms with Crippen molar-refractivity contribution in [2.24, 2.45) is 5.92 Å². The third-order valence-electron chi connectivity index (χ3n) is 6.22. The number of likely N-dealkylation sites (tertiary alicyclic amines) is 2. The van der Waals surface area contributed by atoms with Crippen LogP contribution in [0.1, 0.15) is 57.6 Å². The van der Waals surface area contributed by atoms with Crippen LogP contribution in [-0.2, 0) is 22.3 Å². The molecule has 0 spiro atoms. The van der Waals surface area contributed by atoms with E-state index < -0.39 is 35.7 Å². The zero-order valence-corrected chi connectivity index (χ0v) is 19.9. The van der Waals surface area contributed by atoms with Crippen molar-refractivity contribution in [1.29, 1.82) is 0 Å². The van der Waals surface area contributed by atoms with Gasteiger partial charge in [0.15, 0.2) is 0 Å². The van der Waals surface area contributed by atoms with Gasteiger partial charge >= 0.3 is 12.3 Å². The van der Waals surface area contributed by atoms with Crippen molar-refractivity contribution in [1.82, 2.24) is 15.1 Å². The Morgan fingerprint density at radius 2 is 1.76 bits per heavy atom. The first-order valence-electron chi connectivity index (χ1n) is 11.7. The van der Waals surface area contributed by atoms with Crippen molar-refractivity contribution >= 4 is 12.0 Å². The summed E-state index contributed by atoms with van der Waals surface area (Å²) in [5, 5.41) is 13.9. The molecule has 2 fully saturated rings. The van der Waals surface area contributed by atoms with Crippen molar-refractivity contribution in [3.63, 3.8) is 0 Å². The maximum absolute atomic E-state index is 12.8. The molecule has 2 aliphatic heterocycles. The molecule has 3 rings (SSSR count). The Kier molecular flexibility index (Phi) is 8.13. The van der Waals surface area contributed by atoms with Crippen LogP contribution in [0.3, 0.4) is 0 Å². The van der Waals surface area contributed by atoms with E-state index >= 15 is 0 Å². The second-order valence-electron chi connectivity index (χ2n) is 10.1. The van der Waals surface area contributed by atoms with Gasteiger partial charge in [-0.2, -0.15) is 13.2 Å². The number of benzene rings is 1. The predicted molar refractivity (Wildman–Crippen MR) is 120 cm³/mol. The van der Waals surface area contributed by atoms with Crippen LogP contribution in [0, 0.1) is 5.92 Å². The van der Waals surface area contributed by atoms with Gasteiger partial charge in [0.05, 0.1) is 11.6 Å². The molecule has 34 heavy (non-hydrogen) atoms. The topological polar surface area (TPSA) is 82.1 Å². The summed E-state index contributed by atoms with van der Waals surface area (Å²) in [6.45, 7) is 7.00. The lowest BCUT2D eigenvalue weighted by atomic mass is 9.95. The number of halogens is 3. The number of carbonyl (C=O) groups is 2. The maximum Gasteiger partial charge on any atom is 0.416 e. The van der Waals surface area contributed by atoms with Gasteiger partial charge in [-0.3, -0.25) is 9.69 Å². The van der Waals surface area contributed by atoms with Crippen molar-refractivity contribution < 1.29 is 32.6 Å². The molecule has 1 unspecified atom stereocenters. The maximum atomic E-state index is 12.8. The minimum absolute atomic E-state index is 0.104. The van der Waals surface area contributed by atoms with E-state index in [0.717, 1.165) is 31.4 Å². The van der Waals surface area contributed by atoms with Crippen LogP contribution in [0.15, 0.2) is 24.3 Å². The molecular formula is C24H34F3N3O4. The van der Waals surface area contributed by atoms with Crippen LogP contribution in [0.5, 0.6) is 0 Å². The van der Waals surface area contributed by atoms with Crippen LogP contribution >= 0.6 is 0 Å². The Hall–Kier alpha value is -2.33. The molecule has 3 atom stereocenters. The first-order valence-corrected chi connectivity index (χ1v) is 11.7. The quantitative estimate of drug-likeness (QED) is 0.664. The van der Waals surface area contributed by atoms with Crippen LogP contribution < -0.4 is 5.32 Å². The summed E-state index contributed by atoms with van der Waals surface area (Å²) >= 11 is 0. The van der Waals surface area contributed by atoms with E-state index in [4.69, 9.17) is 4.74 Å². The highest BCUT2D eigenvalue weighted by atomic mass is 19.4. The second kappa shape index (κ2) is 10.5. The number of aliphatic hydroxyl groups excluding tert-OH is 1. The van der Waals surface area contributed by atoms with Gasteiger partial charge in [0.1, 0.15) is 11.8 Å². The van der Waals surface area contributed by atoms with Crippen molar-refractivity contribution in [3.05, 3.63) is 35.4 Å². The monoisotopic (exact) mass is 485 g/mol. The van der Waals surface area contributed by atoms with E-state index in [9.17, 15) is 27.9 Å². The number of amides is 2. The predicted octanol–water partition coefficient (Wildman–Crippen LogP) is 3.75. The average Bonchev–Trinajstić information content (AvgIpc) is 3.25. The van der Waals surface area contributed by atoms with E-state index in [1.54, 1.807) is 30.6 Å². The van der Waals surface area contributed by atoms with E-state index in [-0.39, 0.29) is 18.4 Å². The molecule has 2 amide bonds. The van der Waals surface area contributed by atoms with Gasteiger partial charge in [-0.25, -0.2) is 4.79 Å². The number of rotatable bonds is 5.